The van der Waals surface area contributed by atoms with E-state index in [1.54, 1.807) is 0 Å². The van der Waals surface area contributed by atoms with Crippen LogP contribution in [-0.2, 0) is 39.1 Å². The fraction of sp³-hybridized carbons (Fsp3) is 0.500. The largest absolute Gasteiger partial charge is 0.490 e. The van der Waals surface area contributed by atoms with Gasteiger partial charge >= 0.3 is 42.1 Å². The van der Waals surface area contributed by atoms with E-state index in [0.29, 0.717) is 12.3 Å². The third-order valence-corrected chi connectivity index (χ3v) is 4.27. The van der Waals surface area contributed by atoms with Gasteiger partial charge in [0.15, 0.2) is 6.10 Å². The van der Waals surface area contributed by atoms with Crippen LogP contribution < -0.4 is 11.4 Å². The standard InChI is InChI=1S/C16H9F9N4O8/c17-14(18,19)9(30)34-3-5-7(35-10(31)15(20,21)22)8(36-11(32)16(23,24)25)13(4-26,37-5)29-2-1-6(27)28-12(29)33/h1-2,5,7-8H,3H2,(H2,27,28,33)/t5-,7?,8?,13-/m1/s1. The smallest absolute Gasteiger partial charge is 0.456 e. The number of hydrogen-bond donors (Lipinski definition) is 1. The van der Waals surface area contributed by atoms with Gasteiger partial charge in [0.25, 0.3) is 5.72 Å². The number of esters is 3. The van der Waals surface area contributed by atoms with Gasteiger partial charge in [0, 0.05) is 6.20 Å². The summed E-state index contributed by atoms with van der Waals surface area (Å²) in [5.41, 5.74) is 0.115. The van der Waals surface area contributed by atoms with Gasteiger partial charge in [-0.25, -0.2) is 19.2 Å². The van der Waals surface area contributed by atoms with Crippen molar-refractivity contribution in [3.63, 3.8) is 0 Å². The van der Waals surface area contributed by atoms with Crippen molar-refractivity contribution < 1.29 is 72.8 Å². The van der Waals surface area contributed by atoms with Crippen molar-refractivity contribution in [3.8, 4) is 6.07 Å². The lowest BCUT2D eigenvalue weighted by atomic mass is 10.0. The van der Waals surface area contributed by atoms with Crippen molar-refractivity contribution in [2.75, 3.05) is 12.3 Å². The number of anilines is 1. The molecule has 1 fully saturated rings. The zero-order valence-corrected chi connectivity index (χ0v) is 17.2. The number of hydrogen-bond acceptors (Lipinski definition) is 11. The van der Waals surface area contributed by atoms with E-state index in [1.807, 2.05) is 0 Å². The van der Waals surface area contributed by atoms with Gasteiger partial charge < -0.3 is 24.7 Å². The van der Waals surface area contributed by atoms with E-state index < -0.39 is 78.6 Å². The van der Waals surface area contributed by atoms with Crippen LogP contribution in [0.2, 0.25) is 0 Å². The molecule has 2 unspecified atom stereocenters. The lowest BCUT2D eigenvalue weighted by Crippen LogP contribution is -2.53. The van der Waals surface area contributed by atoms with E-state index in [9.17, 15) is 64.0 Å². The number of carbonyl (C=O) groups is 3. The zero-order valence-electron chi connectivity index (χ0n) is 17.2. The first kappa shape index (κ1) is 29.1. The Morgan fingerprint density at radius 3 is 2.00 bits per heavy atom. The highest BCUT2D eigenvalue weighted by Gasteiger charge is 2.65. The van der Waals surface area contributed by atoms with Gasteiger partial charge in [0.05, 0.1) is 0 Å². The Morgan fingerprint density at radius 2 is 1.54 bits per heavy atom. The second kappa shape index (κ2) is 9.75. The minimum absolute atomic E-state index is 0.0579. The van der Waals surface area contributed by atoms with Crippen LogP contribution in [0.15, 0.2) is 17.1 Å². The summed E-state index contributed by atoms with van der Waals surface area (Å²) in [6.07, 6.45) is -25.8. The molecule has 2 rings (SSSR count). The van der Waals surface area contributed by atoms with Crippen molar-refractivity contribution >= 4 is 23.7 Å². The monoisotopic (exact) mass is 556 g/mol. The molecule has 0 saturated carbocycles. The molecule has 1 aromatic heterocycles. The maximum atomic E-state index is 12.9. The summed E-state index contributed by atoms with van der Waals surface area (Å²) in [5.74, 6) is -9.95. The summed E-state index contributed by atoms with van der Waals surface area (Å²) in [6.45, 7) is -1.82. The van der Waals surface area contributed by atoms with Gasteiger partial charge in [-0.15, -0.1) is 0 Å². The first-order chi connectivity index (χ1) is 16.7. The molecule has 1 aliphatic heterocycles. The highest BCUT2D eigenvalue weighted by Crippen LogP contribution is 2.40. The fourth-order valence-corrected chi connectivity index (χ4v) is 2.81. The first-order valence-corrected chi connectivity index (χ1v) is 8.98. The molecule has 1 saturated heterocycles. The molecule has 37 heavy (non-hydrogen) atoms. The van der Waals surface area contributed by atoms with Crippen LogP contribution in [-0.4, -0.2) is 70.9 Å². The Labute approximate surface area is 196 Å². The van der Waals surface area contributed by atoms with E-state index in [0.717, 1.165) is 6.07 Å². The van der Waals surface area contributed by atoms with Crippen molar-refractivity contribution in [1.29, 1.82) is 5.26 Å². The van der Waals surface area contributed by atoms with Crippen molar-refractivity contribution in [2.45, 2.75) is 42.6 Å². The molecule has 2 N–H and O–H groups in total. The van der Waals surface area contributed by atoms with Gasteiger partial charge in [-0.05, 0) is 6.07 Å². The molecule has 0 aliphatic carbocycles. The normalized spacial score (nSPS) is 24.2. The molecule has 2 heterocycles. The summed E-state index contributed by atoms with van der Waals surface area (Å²) < 4.78 is 131. The molecule has 0 spiro atoms. The average molecular weight is 556 g/mol. The van der Waals surface area contributed by atoms with Crippen LogP contribution in [0, 0.1) is 11.3 Å². The minimum atomic E-state index is -5.90. The SMILES string of the molecule is N#C[C@@]1(n2ccc(N)nc2=O)O[C@H](COC(=O)C(F)(F)F)C(OC(=O)C(F)(F)F)C1OC(=O)C(F)(F)F. The summed E-state index contributed by atoms with van der Waals surface area (Å²) >= 11 is 0. The molecule has 0 bridgehead atoms. The molecule has 0 aromatic carbocycles. The fourth-order valence-electron chi connectivity index (χ4n) is 2.81. The second-order valence-corrected chi connectivity index (χ2v) is 6.76. The third kappa shape index (κ3) is 6.19. The van der Waals surface area contributed by atoms with E-state index in [1.165, 1.54) is 0 Å². The molecule has 1 aliphatic rings. The number of nitrogens with two attached hydrogens (primary N) is 1. The number of halogens is 9. The summed E-state index contributed by atoms with van der Waals surface area (Å²) in [5, 5.41) is 9.67. The number of nitrogens with zero attached hydrogens (tertiary/aromatic N) is 3. The number of ether oxygens (including phenoxy) is 4. The van der Waals surface area contributed by atoms with Gasteiger partial charge in [0.1, 0.15) is 24.6 Å². The summed E-state index contributed by atoms with van der Waals surface area (Å²) in [7, 11) is 0. The van der Waals surface area contributed by atoms with Gasteiger partial charge in [-0.3, -0.25) is 4.57 Å². The Balaban J connectivity index is 2.70. The first-order valence-electron chi connectivity index (χ1n) is 8.98. The predicted octanol–water partition coefficient (Wildman–Crippen LogP) is 0.454. The quantitative estimate of drug-likeness (QED) is 0.303. The van der Waals surface area contributed by atoms with Crippen LogP contribution >= 0.6 is 0 Å². The Bertz CT molecular complexity index is 1170. The lowest BCUT2D eigenvalue weighted by Gasteiger charge is -2.30. The lowest BCUT2D eigenvalue weighted by molar-refractivity contribution is -0.224. The second-order valence-electron chi connectivity index (χ2n) is 6.76. The molecule has 0 amide bonds. The molecule has 4 atom stereocenters. The van der Waals surface area contributed by atoms with Gasteiger partial charge in [-0.1, -0.05) is 0 Å². The summed E-state index contributed by atoms with van der Waals surface area (Å²) in [6, 6.07) is 1.74. The zero-order chi connectivity index (χ0) is 28.6. The maximum Gasteiger partial charge on any atom is 0.490 e. The topological polar surface area (TPSA) is 173 Å². The number of nitriles is 1. The van der Waals surface area contributed by atoms with Crippen molar-refractivity contribution in [2.24, 2.45) is 0 Å². The van der Waals surface area contributed by atoms with E-state index in [2.05, 4.69) is 19.2 Å². The van der Waals surface area contributed by atoms with Crippen LogP contribution in [0.5, 0.6) is 0 Å². The van der Waals surface area contributed by atoms with Gasteiger partial charge in [0.2, 0.25) is 6.10 Å². The van der Waals surface area contributed by atoms with Crippen molar-refractivity contribution in [1.82, 2.24) is 9.55 Å². The molecule has 204 valence electrons. The minimum Gasteiger partial charge on any atom is -0.456 e. The van der Waals surface area contributed by atoms with Crippen molar-refractivity contribution in [3.05, 3.63) is 22.7 Å². The number of alkyl halides is 9. The van der Waals surface area contributed by atoms with Crippen LogP contribution in [0.25, 0.3) is 0 Å². The molecular weight excluding hydrogens is 547 g/mol. The maximum absolute atomic E-state index is 12.9. The molecular formula is C16H9F9N4O8. The van der Waals surface area contributed by atoms with Crippen LogP contribution in [0.1, 0.15) is 0 Å². The number of carbonyl (C=O) groups excluding carboxylic acids is 3. The highest BCUT2D eigenvalue weighted by molar-refractivity contribution is 5.77. The van der Waals surface area contributed by atoms with Gasteiger partial charge in [-0.2, -0.15) is 49.8 Å². The summed E-state index contributed by atoms with van der Waals surface area (Å²) in [4.78, 5) is 49.3. The Hall–Kier alpha value is -4.09. The number of rotatable bonds is 5. The molecule has 21 heteroatoms. The van der Waals surface area contributed by atoms with Crippen LogP contribution in [0.3, 0.4) is 0 Å². The van der Waals surface area contributed by atoms with E-state index in [4.69, 9.17) is 10.5 Å². The molecule has 0 radical (unpaired) electrons. The van der Waals surface area contributed by atoms with E-state index in [-0.39, 0.29) is 4.57 Å². The number of aromatic nitrogens is 2. The van der Waals surface area contributed by atoms with Crippen LogP contribution in [0.4, 0.5) is 45.3 Å². The third-order valence-electron chi connectivity index (χ3n) is 4.27. The molecule has 12 nitrogen and oxygen atoms in total. The highest BCUT2D eigenvalue weighted by atomic mass is 19.4. The van der Waals surface area contributed by atoms with E-state index >= 15 is 0 Å². The predicted molar refractivity (Wildman–Crippen MR) is 90.3 cm³/mol. The number of nitrogen functional groups attached to an aromatic ring is 1. The Morgan fingerprint density at radius 1 is 1.03 bits per heavy atom. The molecule has 1 aromatic rings. The average Bonchev–Trinajstić information content (AvgIpc) is 3.03. The Kier molecular flexibility index (Phi) is 7.68.